The Morgan fingerprint density at radius 1 is 1.60 bits per heavy atom. The zero-order valence-corrected chi connectivity index (χ0v) is 9.46. The van der Waals surface area contributed by atoms with Gasteiger partial charge in [-0.15, -0.1) is 11.3 Å². The molecule has 0 spiro atoms. The molecule has 2 aromatic heterocycles. The van der Waals surface area contributed by atoms with Gasteiger partial charge < -0.3 is 9.73 Å². The van der Waals surface area contributed by atoms with E-state index in [1.807, 2.05) is 23.8 Å². The highest BCUT2D eigenvalue weighted by Crippen LogP contribution is 2.24. The van der Waals surface area contributed by atoms with Crippen LogP contribution in [0.5, 0.6) is 0 Å². The molecule has 1 atom stereocenters. The molecule has 1 unspecified atom stereocenters. The molecule has 0 amide bonds. The Morgan fingerprint density at radius 2 is 2.53 bits per heavy atom. The van der Waals surface area contributed by atoms with Gasteiger partial charge in [-0.25, -0.2) is 0 Å². The fraction of sp³-hybridized carbons (Fsp3) is 0.364. The zero-order chi connectivity index (χ0) is 10.5. The van der Waals surface area contributed by atoms with Crippen LogP contribution in [0.2, 0.25) is 0 Å². The fourth-order valence-electron chi connectivity index (χ4n) is 1.45. The van der Waals surface area contributed by atoms with Crippen molar-refractivity contribution in [3.63, 3.8) is 0 Å². The Hall–Kier alpha value is -1.13. The maximum atomic E-state index is 5.43. The van der Waals surface area contributed by atoms with E-state index >= 15 is 0 Å². The summed E-state index contributed by atoms with van der Waals surface area (Å²) in [4.78, 5) is 5.29. The summed E-state index contributed by atoms with van der Waals surface area (Å²) in [6, 6.07) is 4.05. The van der Waals surface area contributed by atoms with E-state index in [2.05, 4.69) is 17.2 Å². The lowest BCUT2D eigenvalue weighted by Crippen LogP contribution is -2.21. The predicted molar refractivity (Wildman–Crippen MR) is 61.0 cm³/mol. The Bertz CT molecular complexity index is 335. The first-order valence-electron chi connectivity index (χ1n) is 5.07. The summed E-state index contributed by atoms with van der Waals surface area (Å²) in [6.45, 7) is 3.13. The third-order valence-corrected chi connectivity index (χ3v) is 3.00. The van der Waals surface area contributed by atoms with Crippen LogP contribution in [0.15, 0.2) is 34.5 Å². The molecular weight excluding hydrogens is 208 g/mol. The van der Waals surface area contributed by atoms with Crippen molar-refractivity contribution in [1.82, 2.24) is 10.3 Å². The Kier molecular flexibility index (Phi) is 3.53. The molecule has 0 fully saturated rings. The van der Waals surface area contributed by atoms with Crippen LogP contribution in [0.3, 0.4) is 0 Å². The summed E-state index contributed by atoms with van der Waals surface area (Å²) in [6.07, 6.45) is 4.70. The Labute approximate surface area is 93.2 Å². The second-order valence-corrected chi connectivity index (χ2v) is 4.22. The quantitative estimate of drug-likeness (QED) is 0.845. The molecule has 1 N–H and O–H groups in total. The van der Waals surface area contributed by atoms with Crippen LogP contribution in [0.25, 0.3) is 0 Å². The van der Waals surface area contributed by atoms with Crippen LogP contribution in [0, 0.1) is 0 Å². The topological polar surface area (TPSA) is 38.1 Å². The number of furan rings is 1. The Balaban J connectivity index is 2.17. The first-order valence-corrected chi connectivity index (χ1v) is 5.95. The number of nitrogens with one attached hydrogen (secondary N) is 1. The molecule has 3 nitrogen and oxygen atoms in total. The van der Waals surface area contributed by atoms with E-state index < -0.39 is 0 Å². The summed E-state index contributed by atoms with van der Waals surface area (Å²) in [7, 11) is 0. The molecular formula is C11H14N2OS. The molecule has 0 aromatic carbocycles. The molecule has 0 aliphatic heterocycles. The fourth-order valence-corrected chi connectivity index (χ4v) is 2.15. The molecule has 2 heterocycles. The van der Waals surface area contributed by atoms with E-state index in [4.69, 9.17) is 4.42 Å². The largest absolute Gasteiger partial charge is 0.467 e. The van der Waals surface area contributed by atoms with Crippen molar-refractivity contribution in [3.8, 4) is 0 Å². The van der Waals surface area contributed by atoms with Crippen molar-refractivity contribution in [2.45, 2.75) is 19.4 Å². The Morgan fingerprint density at radius 3 is 3.13 bits per heavy atom. The van der Waals surface area contributed by atoms with Gasteiger partial charge in [0, 0.05) is 11.1 Å². The number of rotatable bonds is 5. The van der Waals surface area contributed by atoms with Gasteiger partial charge in [-0.1, -0.05) is 6.92 Å². The van der Waals surface area contributed by atoms with Crippen LogP contribution in [-0.4, -0.2) is 11.5 Å². The van der Waals surface area contributed by atoms with E-state index in [9.17, 15) is 0 Å². The molecule has 0 bridgehead atoms. The molecule has 80 valence electrons. The molecule has 0 saturated carbocycles. The molecule has 2 aromatic rings. The van der Waals surface area contributed by atoms with Gasteiger partial charge in [0.25, 0.3) is 0 Å². The van der Waals surface area contributed by atoms with Crippen LogP contribution < -0.4 is 5.32 Å². The molecule has 2 rings (SSSR count). The third kappa shape index (κ3) is 2.46. The van der Waals surface area contributed by atoms with Crippen molar-refractivity contribution in [2.24, 2.45) is 0 Å². The molecule has 15 heavy (non-hydrogen) atoms. The van der Waals surface area contributed by atoms with E-state index in [1.165, 1.54) is 4.88 Å². The summed E-state index contributed by atoms with van der Waals surface area (Å²) >= 11 is 1.65. The molecule has 0 radical (unpaired) electrons. The van der Waals surface area contributed by atoms with E-state index in [1.54, 1.807) is 17.6 Å². The van der Waals surface area contributed by atoms with Crippen molar-refractivity contribution >= 4 is 11.3 Å². The highest BCUT2D eigenvalue weighted by atomic mass is 32.1. The van der Waals surface area contributed by atoms with E-state index in [0.29, 0.717) is 0 Å². The number of hydrogen-bond donors (Lipinski definition) is 1. The zero-order valence-electron chi connectivity index (χ0n) is 8.64. The minimum atomic E-state index is 0.146. The van der Waals surface area contributed by atoms with E-state index in [-0.39, 0.29) is 6.04 Å². The maximum Gasteiger partial charge on any atom is 0.126 e. The molecule has 0 aliphatic rings. The maximum absolute atomic E-state index is 5.43. The van der Waals surface area contributed by atoms with Crippen LogP contribution in [-0.2, 0) is 0 Å². The minimum absolute atomic E-state index is 0.146. The highest BCUT2D eigenvalue weighted by molar-refractivity contribution is 7.09. The molecule has 4 heteroatoms. The van der Waals surface area contributed by atoms with Crippen molar-refractivity contribution in [2.75, 3.05) is 6.54 Å². The van der Waals surface area contributed by atoms with Crippen molar-refractivity contribution in [1.29, 1.82) is 0 Å². The summed E-state index contributed by atoms with van der Waals surface area (Å²) in [5.74, 6) is 0.952. The number of aromatic nitrogens is 1. The number of hydrogen-bond acceptors (Lipinski definition) is 4. The van der Waals surface area contributed by atoms with Gasteiger partial charge in [0.1, 0.15) is 11.8 Å². The van der Waals surface area contributed by atoms with E-state index in [0.717, 1.165) is 18.7 Å². The smallest absolute Gasteiger partial charge is 0.126 e. The predicted octanol–water partition coefficient (Wildman–Crippen LogP) is 2.83. The van der Waals surface area contributed by atoms with Crippen LogP contribution in [0.1, 0.15) is 30.0 Å². The lowest BCUT2D eigenvalue weighted by molar-refractivity contribution is 0.449. The molecule has 0 saturated heterocycles. The first-order chi connectivity index (χ1) is 7.42. The third-order valence-electron chi connectivity index (χ3n) is 2.16. The van der Waals surface area contributed by atoms with Crippen LogP contribution >= 0.6 is 11.3 Å². The van der Waals surface area contributed by atoms with Gasteiger partial charge in [-0.2, -0.15) is 0 Å². The van der Waals surface area contributed by atoms with Crippen molar-refractivity contribution in [3.05, 3.63) is 40.7 Å². The second-order valence-electron chi connectivity index (χ2n) is 3.31. The number of thiazole rings is 1. The summed E-state index contributed by atoms with van der Waals surface area (Å²) < 4.78 is 5.43. The lowest BCUT2D eigenvalue weighted by atomic mass is 10.2. The highest BCUT2D eigenvalue weighted by Gasteiger charge is 2.16. The second kappa shape index (κ2) is 5.09. The SMILES string of the molecule is CCCNC(c1ccco1)c1cncs1. The number of nitrogens with zero attached hydrogens (tertiary/aromatic N) is 1. The minimum Gasteiger partial charge on any atom is -0.467 e. The first kappa shape index (κ1) is 10.4. The van der Waals surface area contributed by atoms with Crippen LogP contribution in [0.4, 0.5) is 0 Å². The average molecular weight is 222 g/mol. The van der Waals surface area contributed by atoms with Gasteiger partial charge in [-0.05, 0) is 25.1 Å². The van der Waals surface area contributed by atoms with Gasteiger partial charge in [0.15, 0.2) is 0 Å². The summed E-state index contributed by atoms with van der Waals surface area (Å²) in [5.41, 5.74) is 1.85. The van der Waals surface area contributed by atoms with Crippen molar-refractivity contribution < 1.29 is 4.42 Å². The lowest BCUT2D eigenvalue weighted by Gasteiger charge is -2.13. The van der Waals surface area contributed by atoms with Gasteiger partial charge in [-0.3, -0.25) is 4.98 Å². The van der Waals surface area contributed by atoms with Gasteiger partial charge in [0.05, 0.1) is 11.8 Å². The normalized spacial score (nSPS) is 12.9. The van der Waals surface area contributed by atoms with Gasteiger partial charge >= 0.3 is 0 Å². The monoisotopic (exact) mass is 222 g/mol. The van der Waals surface area contributed by atoms with Gasteiger partial charge in [0.2, 0.25) is 0 Å². The summed E-state index contributed by atoms with van der Waals surface area (Å²) in [5, 5.41) is 3.45. The molecule has 0 aliphatic carbocycles. The standard InChI is InChI=1S/C11H14N2OS/c1-2-5-13-11(9-4-3-6-14-9)10-7-12-8-15-10/h3-4,6-8,11,13H,2,5H2,1H3. The average Bonchev–Trinajstić information content (AvgIpc) is 2.90.